The smallest absolute Gasteiger partial charge is 0.304 e. The van der Waals surface area contributed by atoms with Gasteiger partial charge in [0.05, 0.1) is 18.7 Å². The summed E-state index contributed by atoms with van der Waals surface area (Å²) in [4.78, 5) is 12.8. The van der Waals surface area contributed by atoms with Crippen molar-refractivity contribution in [3.63, 3.8) is 0 Å². The van der Waals surface area contributed by atoms with Crippen molar-refractivity contribution in [2.24, 2.45) is 0 Å². The molecule has 0 amide bonds. The van der Waals surface area contributed by atoms with E-state index in [1.165, 1.54) is 0 Å². The molecule has 1 atom stereocenters. The molecule has 4 nitrogen and oxygen atoms in total. The van der Waals surface area contributed by atoms with E-state index in [1.807, 2.05) is 19.1 Å². The molecule has 0 aromatic carbocycles. The summed E-state index contributed by atoms with van der Waals surface area (Å²) in [6.45, 7) is 8.78. The van der Waals surface area contributed by atoms with Gasteiger partial charge in [-0.3, -0.25) is 9.69 Å². The van der Waals surface area contributed by atoms with Gasteiger partial charge in [-0.1, -0.05) is 0 Å². The Kier molecular flexibility index (Phi) is 4.34. The van der Waals surface area contributed by atoms with Gasteiger partial charge in [-0.25, -0.2) is 0 Å². The first-order valence-corrected chi connectivity index (χ1v) is 5.84. The molecule has 0 bridgehead atoms. The number of furan rings is 1. The topological polar surface area (TPSA) is 53.7 Å². The molecule has 1 N–H and O–H groups in total. The Morgan fingerprint density at radius 3 is 2.59 bits per heavy atom. The lowest BCUT2D eigenvalue weighted by molar-refractivity contribution is -0.137. The van der Waals surface area contributed by atoms with Crippen LogP contribution in [-0.4, -0.2) is 28.1 Å². The summed E-state index contributed by atoms with van der Waals surface area (Å²) in [5.74, 6) is 0.0937. The van der Waals surface area contributed by atoms with Crippen LogP contribution in [0.15, 0.2) is 22.8 Å². The molecule has 0 aliphatic rings. The highest BCUT2D eigenvalue weighted by molar-refractivity contribution is 5.66. The van der Waals surface area contributed by atoms with Crippen LogP contribution in [0.2, 0.25) is 0 Å². The fourth-order valence-corrected chi connectivity index (χ4v) is 2.01. The van der Waals surface area contributed by atoms with E-state index in [1.54, 1.807) is 6.26 Å². The fraction of sp³-hybridized carbons (Fsp3) is 0.615. The van der Waals surface area contributed by atoms with Crippen molar-refractivity contribution < 1.29 is 14.3 Å². The summed E-state index contributed by atoms with van der Waals surface area (Å²) < 4.78 is 5.39. The molecule has 0 fully saturated rings. The normalized spacial score (nSPS) is 13.9. The summed E-state index contributed by atoms with van der Waals surface area (Å²) >= 11 is 0. The van der Waals surface area contributed by atoms with Gasteiger partial charge >= 0.3 is 5.97 Å². The molecule has 0 aliphatic heterocycles. The summed E-state index contributed by atoms with van der Waals surface area (Å²) in [6, 6.07) is 3.85. The highest BCUT2D eigenvalue weighted by Gasteiger charge is 2.28. The van der Waals surface area contributed by atoms with E-state index >= 15 is 0 Å². The van der Waals surface area contributed by atoms with Crippen LogP contribution < -0.4 is 0 Å². The van der Waals surface area contributed by atoms with Crippen molar-refractivity contribution in [3.8, 4) is 0 Å². The third-order valence-corrected chi connectivity index (χ3v) is 2.85. The predicted molar refractivity (Wildman–Crippen MR) is 65.8 cm³/mol. The average molecular weight is 239 g/mol. The van der Waals surface area contributed by atoms with Crippen molar-refractivity contribution >= 4 is 5.97 Å². The Morgan fingerprint density at radius 2 is 2.18 bits per heavy atom. The second-order valence-corrected chi connectivity index (χ2v) is 5.20. The first kappa shape index (κ1) is 13.8. The van der Waals surface area contributed by atoms with Crippen LogP contribution >= 0.6 is 0 Å². The van der Waals surface area contributed by atoms with Crippen LogP contribution in [0.25, 0.3) is 0 Å². The lowest BCUT2D eigenvalue weighted by atomic mass is 10.0. The van der Waals surface area contributed by atoms with Crippen molar-refractivity contribution in [1.82, 2.24) is 4.90 Å². The Balaban J connectivity index is 2.79. The molecule has 1 heterocycles. The molecule has 1 aromatic rings. The van der Waals surface area contributed by atoms with Gasteiger partial charge in [0.25, 0.3) is 0 Å². The maximum Gasteiger partial charge on any atom is 0.304 e. The van der Waals surface area contributed by atoms with Crippen LogP contribution in [0.4, 0.5) is 0 Å². The molecule has 1 aromatic heterocycles. The fourth-order valence-electron chi connectivity index (χ4n) is 2.01. The van der Waals surface area contributed by atoms with Gasteiger partial charge in [0.1, 0.15) is 5.76 Å². The minimum absolute atomic E-state index is 0.0735. The van der Waals surface area contributed by atoms with Crippen LogP contribution in [0.5, 0.6) is 0 Å². The van der Waals surface area contributed by atoms with Crippen molar-refractivity contribution in [1.29, 1.82) is 0 Å². The third-order valence-electron chi connectivity index (χ3n) is 2.85. The van der Waals surface area contributed by atoms with E-state index in [9.17, 15) is 4.79 Å². The van der Waals surface area contributed by atoms with Gasteiger partial charge in [0.2, 0.25) is 0 Å². The van der Waals surface area contributed by atoms with Gasteiger partial charge in [0, 0.05) is 12.1 Å². The first-order chi connectivity index (χ1) is 7.82. The van der Waals surface area contributed by atoms with E-state index in [2.05, 4.69) is 25.7 Å². The van der Waals surface area contributed by atoms with E-state index in [4.69, 9.17) is 9.52 Å². The van der Waals surface area contributed by atoms with Crippen LogP contribution in [-0.2, 0) is 4.79 Å². The molecule has 0 saturated heterocycles. The number of rotatable bonds is 5. The SMILES string of the molecule is CC(c1ccco1)N(CCC(=O)O)C(C)(C)C. The summed E-state index contributed by atoms with van der Waals surface area (Å²) in [6.07, 6.45) is 1.78. The number of carboxylic acid groups (broad SMARTS) is 1. The van der Waals surface area contributed by atoms with Crippen LogP contribution in [0.1, 0.15) is 45.9 Å². The molecule has 17 heavy (non-hydrogen) atoms. The summed E-state index contributed by atoms with van der Waals surface area (Å²) in [7, 11) is 0. The lowest BCUT2D eigenvalue weighted by Crippen LogP contribution is -2.44. The highest BCUT2D eigenvalue weighted by atomic mass is 16.4. The van der Waals surface area contributed by atoms with Gasteiger partial charge < -0.3 is 9.52 Å². The molecule has 0 aliphatic carbocycles. The largest absolute Gasteiger partial charge is 0.481 e. The van der Waals surface area contributed by atoms with Gasteiger partial charge in [-0.05, 0) is 39.8 Å². The number of hydrogen-bond donors (Lipinski definition) is 1. The Bertz CT molecular complexity index is 351. The van der Waals surface area contributed by atoms with E-state index < -0.39 is 5.97 Å². The van der Waals surface area contributed by atoms with Crippen molar-refractivity contribution in [3.05, 3.63) is 24.2 Å². The molecule has 0 spiro atoms. The van der Waals surface area contributed by atoms with Crippen molar-refractivity contribution in [2.75, 3.05) is 6.54 Å². The minimum atomic E-state index is -0.772. The van der Waals surface area contributed by atoms with Crippen molar-refractivity contribution in [2.45, 2.75) is 45.7 Å². The third kappa shape index (κ3) is 3.89. The zero-order valence-electron chi connectivity index (χ0n) is 10.9. The predicted octanol–water partition coefficient (Wildman–Crippen LogP) is 2.92. The van der Waals surface area contributed by atoms with E-state index in [0.717, 1.165) is 5.76 Å². The molecule has 4 heteroatoms. The van der Waals surface area contributed by atoms with E-state index in [0.29, 0.717) is 6.54 Å². The molecular formula is C13H21NO3. The zero-order valence-corrected chi connectivity index (χ0v) is 10.9. The number of aliphatic carboxylic acids is 1. The highest BCUT2D eigenvalue weighted by Crippen LogP contribution is 2.28. The molecular weight excluding hydrogens is 218 g/mol. The number of nitrogens with zero attached hydrogens (tertiary/aromatic N) is 1. The summed E-state index contributed by atoms with van der Waals surface area (Å²) in [5, 5.41) is 8.79. The number of carboxylic acids is 1. The second-order valence-electron chi connectivity index (χ2n) is 5.20. The average Bonchev–Trinajstić information content (AvgIpc) is 2.67. The second kappa shape index (κ2) is 5.36. The maximum absolute atomic E-state index is 10.7. The van der Waals surface area contributed by atoms with Crippen LogP contribution in [0.3, 0.4) is 0 Å². The first-order valence-electron chi connectivity index (χ1n) is 5.84. The van der Waals surface area contributed by atoms with Crippen LogP contribution in [0, 0.1) is 0 Å². The van der Waals surface area contributed by atoms with Gasteiger partial charge in [0.15, 0.2) is 0 Å². The van der Waals surface area contributed by atoms with Gasteiger partial charge in [-0.15, -0.1) is 0 Å². The Hall–Kier alpha value is -1.29. The number of carbonyl (C=O) groups is 1. The Labute approximate surface area is 102 Å². The quantitative estimate of drug-likeness (QED) is 0.858. The maximum atomic E-state index is 10.7. The lowest BCUT2D eigenvalue weighted by Gasteiger charge is -2.39. The molecule has 0 radical (unpaired) electrons. The Morgan fingerprint density at radius 1 is 1.53 bits per heavy atom. The van der Waals surface area contributed by atoms with E-state index in [-0.39, 0.29) is 18.0 Å². The minimum Gasteiger partial charge on any atom is -0.481 e. The summed E-state index contributed by atoms with van der Waals surface area (Å²) in [5.41, 5.74) is -0.0956. The molecule has 0 saturated carbocycles. The van der Waals surface area contributed by atoms with Gasteiger partial charge in [-0.2, -0.15) is 0 Å². The number of hydrogen-bond acceptors (Lipinski definition) is 3. The standard InChI is InChI=1S/C13H21NO3/c1-10(11-6-5-9-17-11)14(13(2,3)4)8-7-12(15)16/h5-6,9-10H,7-8H2,1-4H3,(H,15,16). The monoisotopic (exact) mass is 239 g/mol. The molecule has 1 unspecified atom stereocenters. The molecule has 1 rings (SSSR count). The molecule has 96 valence electrons. The zero-order chi connectivity index (χ0) is 13.1.